The van der Waals surface area contributed by atoms with Crippen LogP contribution in [0.3, 0.4) is 0 Å². The molecule has 19 heavy (non-hydrogen) atoms. The molecule has 1 atom stereocenters. The second-order valence-corrected chi connectivity index (χ2v) is 5.81. The summed E-state index contributed by atoms with van der Waals surface area (Å²) in [5.41, 5.74) is 0. The van der Waals surface area contributed by atoms with Crippen molar-refractivity contribution in [3.63, 3.8) is 0 Å². The number of rotatable bonds is 8. The van der Waals surface area contributed by atoms with E-state index in [2.05, 4.69) is 41.9 Å². The normalized spacial score (nSPS) is 12.7. The first-order valence-corrected chi connectivity index (χ1v) is 8.00. The standard InChI is InChI=1S/C16H23NOS/c1-3-4-6-13(9-11-17-2)18-15-7-5-8-16-14(15)10-12-19-16/h5,7-8,10,12-13,17H,3-4,6,9,11H2,1-2H3. The van der Waals surface area contributed by atoms with Gasteiger partial charge in [0.1, 0.15) is 5.75 Å². The number of hydrogen-bond donors (Lipinski definition) is 1. The molecule has 104 valence electrons. The van der Waals surface area contributed by atoms with E-state index in [1.165, 1.54) is 22.9 Å². The van der Waals surface area contributed by atoms with Crippen LogP contribution in [0.1, 0.15) is 32.6 Å². The number of thiophene rings is 1. The molecule has 0 bridgehead atoms. The molecule has 2 nitrogen and oxygen atoms in total. The molecule has 1 N–H and O–H groups in total. The highest BCUT2D eigenvalue weighted by Gasteiger charge is 2.12. The zero-order valence-corrected chi connectivity index (χ0v) is 12.6. The van der Waals surface area contributed by atoms with Gasteiger partial charge < -0.3 is 10.1 Å². The van der Waals surface area contributed by atoms with Gasteiger partial charge in [-0.2, -0.15) is 0 Å². The minimum atomic E-state index is 0.317. The maximum atomic E-state index is 6.26. The largest absolute Gasteiger partial charge is 0.490 e. The van der Waals surface area contributed by atoms with E-state index in [0.29, 0.717) is 6.10 Å². The van der Waals surface area contributed by atoms with Gasteiger partial charge in [-0.05, 0) is 50.0 Å². The molecule has 0 fully saturated rings. The molecule has 0 spiro atoms. The second-order valence-electron chi connectivity index (χ2n) is 4.86. The quantitative estimate of drug-likeness (QED) is 0.769. The molecule has 1 unspecified atom stereocenters. The Hall–Kier alpha value is -1.06. The van der Waals surface area contributed by atoms with Crippen molar-refractivity contribution >= 4 is 21.4 Å². The Morgan fingerprint density at radius 3 is 2.95 bits per heavy atom. The number of fused-ring (bicyclic) bond motifs is 1. The van der Waals surface area contributed by atoms with E-state index < -0.39 is 0 Å². The van der Waals surface area contributed by atoms with Crippen molar-refractivity contribution in [1.29, 1.82) is 0 Å². The predicted octanol–water partition coefficient (Wildman–Crippen LogP) is 4.45. The molecule has 0 aliphatic heterocycles. The molecule has 3 heteroatoms. The molecular formula is C16H23NOS. The van der Waals surface area contributed by atoms with Crippen LogP contribution in [0.25, 0.3) is 10.1 Å². The molecular weight excluding hydrogens is 254 g/mol. The SMILES string of the molecule is CCCCC(CCNC)Oc1cccc2sccc12. The fourth-order valence-corrected chi connectivity index (χ4v) is 3.05. The zero-order valence-electron chi connectivity index (χ0n) is 11.8. The Kier molecular flexibility index (Phi) is 5.67. The molecule has 1 aromatic heterocycles. The van der Waals surface area contributed by atoms with Crippen LogP contribution in [-0.2, 0) is 0 Å². The average Bonchev–Trinajstić information content (AvgIpc) is 2.91. The zero-order chi connectivity index (χ0) is 13.5. The summed E-state index contributed by atoms with van der Waals surface area (Å²) in [5.74, 6) is 1.04. The van der Waals surface area contributed by atoms with E-state index >= 15 is 0 Å². The van der Waals surface area contributed by atoms with Crippen molar-refractivity contribution in [2.75, 3.05) is 13.6 Å². The molecule has 1 aromatic carbocycles. The number of nitrogens with one attached hydrogen (secondary N) is 1. The maximum Gasteiger partial charge on any atom is 0.128 e. The summed E-state index contributed by atoms with van der Waals surface area (Å²) in [6.45, 7) is 3.24. The highest BCUT2D eigenvalue weighted by Crippen LogP contribution is 2.31. The van der Waals surface area contributed by atoms with Crippen LogP contribution in [0.15, 0.2) is 29.6 Å². The molecule has 0 saturated carbocycles. The maximum absolute atomic E-state index is 6.26. The van der Waals surface area contributed by atoms with Gasteiger partial charge in [0.2, 0.25) is 0 Å². The fourth-order valence-electron chi connectivity index (χ4n) is 2.25. The van der Waals surface area contributed by atoms with Crippen molar-refractivity contribution in [3.05, 3.63) is 29.6 Å². The summed E-state index contributed by atoms with van der Waals surface area (Å²) in [4.78, 5) is 0. The third kappa shape index (κ3) is 3.95. The van der Waals surface area contributed by atoms with Crippen LogP contribution in [0.5, 0.6) is 5.75 Å². The smallest absolute Gasteiger partial charge is 0.128 e. The van der Waals surface area contributed by atoms with Gasteiger partial charge in [-0.15, -0.1) is 11.3 Å². The van der Waals surface area contributed by atoms with Crippen LogP contribution >= 0.6 is 11.3 Å². The Morgan fingerprint density at radius 2 is 2.16 bits per heavy atom. The van der Waals surface area contributed by atoms with Gasteiger partial charge in [-0.3, -0.25) is 0 Å². The van der Waals surface area contributed by atoms with Crippen LogP contribution in [0, 0.1) is 0 Å². The first-order valence-electron chi connectivity index (χ1n) is 7.12. The van der Waals surface area contributed by atoms with Gasteiger partial charge in [0.25, 0.3) is 0 Å². The van der Waals surface area contributed by atoms with E-state index in [-0.39, 0.29) is 0 Å². The number of benzene rings is 1. The highest BCUT2D eigenvalue weighted by atomic mass is 32.1. The Balaban J connectivity index is 2.08. The van der Waals surface area contributed by atoms with Crippen LogP contribution < -0.4 is 10.1 Å². The monoisotopic (exact) mass is 277 g/mol. The molecule has 0 amide bonds. The summed E-state index contributed by atoms with van der Waals surface area (Å²) in [7, 11) is 2.00. The van der Waals surface area contributed by atoms with Gasteiger partial charge in [0.05, 0.1) is 6.10 Å². The molecule has 0 saturated heterocycles. The predicted molar refractivity (Wildman–Crippen MR) is 84.3 cm³/mol. The lowest BCUT2D eigenvalue weighted by atomic mass is 10.1. The Labute approximate surface area is 119 Å². The van der Waals surface area contributed by atoms with Crippen molar-refractivity contribution < 1.29 is 4.74 Å². The van der Waals surface area contributed by atoms with Crippen molar-refractivity contribution in [3.8, 4) is 5.75 Å². The van der Waals surface area contributed by atoms with Gasteiger partial charge in [-0.1, -0.05) is 25.8 Å². The van der Waals surface area contributed by atoms with Crippen LogP contribution in [0.4, 0.5) is 0 Å². The van der Waals surface area contributed by atoms with E-state index in [0.717, 1.165) is 25.1 Å². The number of unbranched alkanes of at least 4 members (excludes halogenated alkanes) is 1. The second kappa shape index (κ2) is 7.51. The molecule has 0 aliphatic carbocycles. The summed E-state index contributed by atoms with van der Waals surface area (Å²) in [5, 5.41) is 6.59. The van der Waals surface area contributed by atoms with Gasteiger partial charge >= 0.3 is 0 Å². The number of hydrogen-bond acceptors (Lipinski definition) is 3. The Bertz CT molecular complexity index is 486. The third-order valence-corrected chi connectivity index (χ3v) is 4.23. The summed E-state index contributed by atoms with van der Waals surface area (Å²) in [6, 6.07) is 8.49. The van der Waals surface area contributed by atoms with Crippen molar-refractivity contribution in [2.24, 2.45) is 0 Å². The lowest BCUT2D eigenvalue weighted by Gasteiger charge is -2.19. The van der Waals surface area contributed by atoms with E-state index in [1.807, 2.05) is 7.05 Å². The fraction of sp³-hybridized carbons (Fsp3) is 0.500. The van der Waals surface area contributed by atoms with E-state index in [9.17, 15) is 0 Å². The van der Waals surface area contributed by atoms with E-state index in [1.54, 1.807) is 11.3 Å². The summed E-state index contributed by atoms with van der Waals surface area (Å²) < 4.78 is 7.56. The lowest BCUT2D eigenvalue weighted by molar-refractivity contribution is 0.180. The molecule has 0 radical (unpaired) electrons. The summed E-state index contributed by atoms with van der Waals surface area (Å²) in [6.07, 6.45) is 4.98. The third-order valence-electron chi connectivity index (χ3n) is 3.35. The summed E-state index contributed by atoms with van der Waals surface area (Å²) >= 11 is 1.77. The lowest BCUT2D eigenvalue weighted by Crippen LogP contribution is -2.22. The minimum Gasteiger partial charge on any atom is -0.490 e. The first-order chi connectivity index (χ1) is 9.35. The van der Waals surface area contributed by atoms with E-state index in [4.69, 9.17) is 4.74 Å². The van der Waals surface area contributed by atoms with Gasteiger partial charge in [0.15, 0.2) is 0 Å². The molecule has 2 rings (SSSR count). The highest BCUT2D eigenvalue weighted by molar-refractivity contribution is 7.17. The van der Waals surface area contributed by atoms with Crippen LogP contribution in [-0.4, -0.2) is 19.7 Å². The Morgan fingerprint density at radius 1 is 1.26 bits per heavy atom. The average molecular weight is 277 g/mol. The molecule has 0 aliphatic rings. The van der Waals surface area contributed by atoms with Gasteiger partial charge in [0, 0.05) is 10.1 Å². The minimum absolute atomic E-state index is 0.317. The van der Waals surface area contributed by atoms with Crippen LogP contribution in [0.2, 0.25) is 0 Å². The topological polar surface area (TPSA) is 21.3 Å². The van der Waals surface area contributed by atoms with Crippen molar-refractivity contribution in [2.45, 2.75) is 38.7 Å². The van der Waals surface area contributed by atoms with Crippen molar-refractivity contribution in [1.82, 2.24) is 5.32 Å². The first kappa shape index (κ1) is 14.4. The van der Waals surface area contributed by atoms with Gasteiger partial charge in [-0.25, -0.2) is 0 Å². The number of ether oxygens (including phenoxy) is 1. The molecule has 1 heterocycles. The molecule has 2 aromatic rings.